The zero-order chi connectivity index (χ0) is 23.3. The Hall–Kier alpha value is -0.930. The summed E-state index contributed by atoms with van der Waals surface area (Å²) in [5.41, 5.74) is 0. The predicted molar refractivity (Wildman–Crippen MR) is 157 cm³/mol. The molecule has 0 unspecified atom stereocenters. The average Bonchev–Trinajstić information content (AvgIpc) is 2.90. The Morgan fingerprint density at radius 3 is 0.667 bits per heavy atom. The molecule has 0 radical (unpaired) electrons. The van der Waals surface area contributed by atoms with Gasteiger partial charge >= 0.3 is 221 Å². The summed E-state index contributed by atoms with van der Waals surface area (Å²) in [6.45, 7) is 0. The second kappa shape index (κ2) is 11.7. The first-order valence-electron chi connectivity index (χ1n) is 10.6. The molecule has 0 aromatic heterocycles. The van der Waals surface area contributed by atoms with Gasteiger partial charge in [0.15, 0.2) is 0 Å². The summed E-state index contributed by atoms with van der Waals surface area (Å²) in [5.74, 6) is 0. The molecule has 4 aromatic carbocycles. The zero-order valence-electron chi connectivity index (χ0n) is 19.3. The van der Waals surface area contributed by atoms with Crippen LogP contribution in [0.3, 0.4) is 0 Å². The molecule has 0 aliphatic carbocycles. The first kappa shape index (κ1) is 25.2. The molecule has 0 bridgehead atoms. The second-order valence-electron chi connectivity index (χ2n) is 7.31. The van der Waals surface area contributed by atoms with E-state index in [0.29, 0.717) is 0 Å². The van der Waals surface area contributed by atoms with Crippen molar-refractivity contribution in [2.75, 3.05) is 25.0 Å². The van der Waals surface area contributed by atoms with Gasteiger partial charge in [0.05, 0.1) is 0 Å². The Labute approximate surface area is 219 Å². The van der Waals surface area contributed by atoms with Crippen molar-refractivity contribution in [2.45, 2.75) is 19.6 Å². The van der Waals surface area contributed by atoms with Gasteiger partial charge in [-0.25, -0.2) is 0 Å². The van der Waals surface area contributed by atoms with Crippen molar-refractivity contribution in [1.29, 1.82) is 0 Å². The van der Waals surface area contributed by atoms with E-state index >= 15 is 0 Å². The van der Waals surface area contributed by atoms with Gasteiger partial charge in [-0.15, -0.1) is 0 Å². The molecule has 0 fully saturated rings. The molecule has 0 nitrogen and oxygen atoms in total. The van der Waals surface area contributed by atoms with Gasteiger partial charge in [-0.2, -0.15) is 0 Å². The average molecular weight is 620 g/mol. The van der Waals surface area contributed by atoms with E-state index in [1.54, 1.807) is 47.0 Å². The standard InChI is InChI=1S/C28H28S4Te/c1-29-21-5-13-25(14-6-21)33(26-15-7-22(30-2)8-16-26,27-17-9-23(31-3)10-18-27)28-19-11-24(32-4)12-20-28/h5-20H,1-4H3. The van der Waals surface area contributed by atoms with Crippen LogP contribution in [0.5, 0.6) is 0 Å². The van der Waals surface area contributed by atoms with Gasteiger partial charge in [-0.1, -0.05) is 0 Å². The number of benzene rings is 4. The predicted octanol–water partition coefficient (Wildman–Crippen LogP) is 5.95. The molecule has 0 spiro atoms. The van der Waals surface area contributed by atoms with Crippen LogP contribution in [0.1, 0.15) is 0 Å². The van der Waals surface area contributed by atoms with Crippen LogP contribution in [0.25, 0.3) is 0 Å². The third-order valence-electron chi connectivity index (χ3n) is 5.65. The molecule has 170 valence electrons. The molecule has 0 atom stereocenters. The van der Waals surface area contributed by atoms with E-state index in [1.165, 1.54) is 34.0 Å². The van der Waals surface area contributed by atoms with Crippen molar-refractivity contribution in [3.05, 3.63) is 97.1 Å². The topological polar surface area (TPSA) is 0 Å². The monoisotopic (exact) mass is 622 g/mol. The molecule has 0 saturated carbocycles. The fourth-order valence-corrected chi connectivity index (χ4v) is 16.4. The fraction of sp³-hybridized carbons (Fsp3) is 0.143. The first-order valence-corrected chi connectivity index (χ1v) is 20.1. The van der Waals surface area contributed by atoms with Crippen LogP contribution in [0.15, 0.2) is 117 Å². The van der Waals surface area contributed by atoms with Gasteiger partial charge in [0.1, 0.15) is 0 Å². The zero-order valence-corrected chi connectivity index (χ0v) is 24.9. The summed E-state index contributed by atoms with van der Waals surface area (Å²) >= 11 is 3.97. The Morgan fingerprint density at radius 2 is 0.515 bits per heavy atom. The molecule has 0 heterocycles. The summed E-state index contributed by atoms with van der Waals surface area (Å²) in [6.07, 6.45) is 8.58. The van der Waals surface area contributed by atoms with Crippen molar-refractivity contribution in [1.82, 2.24) is 0 Å². The number of hydrogen-bond donors (Lipinski definition) is 0. The van der Waals surface area contributed by atoms with E-state index in [1.807, 2.05) is 0 Å². The molecule has 4 aromatic rings. The summed E-state index contributed by atoms with van der Waals surface area (Å²) in [5, 5.41) is 0. The minimum atomic E-state index is -3.24. The van der Waals surface area contributed by atoms with Gasteiger partial charge < -0.3 is 0 Å². The molecular formula is C28H28S4Te. The summed E-state index contributed by atoms with van der Waals surface area (Å²) < 4.78 is 5.89. The number of rotatable bonds is 8. The van der Waals surface area contributed by atoms with Crippen LogP contribution in [-0.4, -0.2) is 43.2 Å². The van der Waals surface area contributed by atoms with Crippen LogP contribution < -0.4 is 14.4 Å². The van der Waals surface area contributed by atoms with Crippen LogP contribution >= 0.6 is 47.0 Å². The molecular weight excluding hydrogens is 592 g/mol. The van der Waals surface area contributed by atoms with E-state index in [2.05, 4.69) is 122 Å². The van der Waals surface area contributed by atoms with Crippen LogP contribution in [-0.2, 0) is 0 Å². The van der Waals surface area contributed by atoms with Crippen molar-refractivity contribution in [2.24, 2.45) is 0 Å². The fourth-order valence-electron chi connectivity index (χ4n) is 3.94. The third-order valence-corrected chi connectivity index (χ3v) is 19.8. The van der Waals surface area contributed by atoms with Crippen molar-refractivity contribution in [3.63, 3.8) is 0 Å². The van der Waals surface area contributed by atoms with E-state index in [0.717, 1.165) is 0 Å². The molecule has 4 rings (SSSR count). The molecule has 0 saturated heterocycles. The van der Waals surface area contributed by atoms with Crippen LogP contribution in [0.2, 0.25) is 0 Å². The van der Waals surface area contributed by atoms with E-state index in [4.69, 9.17) is 0 Å². The van der Waals surface area contributed by atoms with Gasteiger partial charge in [-0.3, -0.25) is 0 Å². The number of hydrogen-bond acceptors (Lipinski definition) is 4. The minimum absolute atomic E-state index is 1.31. The Kier molecular flexibility index (Phi) is 8.90. The summed E-state index contributed by atoms with van der Waals surface area (Å²) in [7, 11) is 0. The summed E-state index contributed by atoms with van der Waals surface area (Å²) in [6, 6.07) is 37.5. The van der Waals surface area contributed by atoms with E-state index in [9.17, 15) is 0 Å². The molecule has 5 heteroatoms. The number of thioether (sulfide) groups is 4. The van der Waals surface area contributed by atoms with E-state index in [-0.39, 0.29) is 0 Å². The van der Waals surface area contributed by atoms with Gasteiger partial charge in [-0.05, 0) is 0 Å². The Morgan fingerprint density at radius 1 is 0.333 bits per heavy atom. The van der Waals surface area contributed by atoms with Crippen molar-refractivity contribution in [3.8, 4) is 0 Å². The van der Waals surface area contributed by atoms with Crippen LogP contribution in [0.4, 0.5) is 0 Å². The third kappa shape index (κ3) is 5.20. The maximum atomic E-state index is 2.39. The molecule has 0 aliphatic heterocycles. The molecule has 0 N–H and O–H groups in total. The molecule has 33 heavy (non-hydrogen) atoms. The van der Waals surface area contributed by atoms with Gasteiger partial charge in [0.25, 0.3) is 0 Å². The Bertz CT molecular complexity index is 973. The Balaban J connectivity index is 2.05. The summed E-state index contributed by atoms with van der Waals surface area (Å²) in [4.78, 5) is 5.24. The maximum absolute atomic E-state index is 3.24. The van der Waals surface area contributed by atoms with Gasteiger partial charge in [0, 0.05) is 0 Å². The SMILES string of the molecule is CSc1ccc([Te](c2ccc(SC)cc2)(c2ccc(SC)cc2)c2ccc(SC)cc2)cc1. The van der Waals surface area contributed by atoms with Gasteiger partial charge in [0.2, 0.25) is 0 Å². The normalized spacial score (nSPS) is 12.0. The second-order valence-corrected chi connectivity index (χ2v) is 19.7. The molecule has 0 amide bonds. The van der Waals surface area contributed by atoms with E-state index < -0.39 is 18.2 Å². The van der Waals surface area contributed by atoms with Crippen LogP contribution in [0, 0.1) is 0 Å². The first-order chi connectivity index (χ1) is 16.1. The molecule has 0 aliphatic rings. The van der Waals surface area contributed by atoms with Crippen molar-refractivity contribution < 1.29 is 0 Å². The quantitative estimate of drug-likeness (QED) is 0.176. The van der Waals surface area contributed by atoms with Crippen molar-refractivity contribution >= 4 is 79.7 Å².